The van der Waals surface area contributed by atoms with Crippen LogP contribution >= 0.6 is 0 Å². The van der Waals surface area contributed by atoms with E-state index in [2.05, 4.69) is 49.4 Å². The van der Waals surface area contributed by atoms with Gasteiger partial charge >= 0.3 is 0 Å². The molecule has 0 radical (unpaired) electrons. The molecule has 0 fully saturated rings. The maximum absolute atomic E-state index is 11.9. The Kier molecular flexibility index (Phi) is 2.75. The first-order valence-corrected chi connectivity index (χ1v) is 6.47. The SMILES string of the molecule is Cc1ccc(-c2ccc3c(c2)C(=O)CCC3)cc1. The van der Waals surface area contributed by atoms with Crippen molar-refractivity contribution < 1.29 is 4.79 Å². The second-order valence-electron chi connectivity index (χ2n) is 5.01. The Bertz CT molecular complexity index is 594. The fraction of sp³-hybridized carbons (Fsp3) is 0.235. The van der Waals surface area contributed by atoms with Crippen molar-refractivity contribution in [3.63, 3.8) is 0 Å². The molecule has 0 aliphatic heterocycles. The Morgan fingerprint density at radius 2 is 1.61 bits per heavy atom. The smallest absolute Gasteiger partial charge is 0.163 e. The number of hydrogen-bond donors (Lipinski definition) is 0. The molecule has 2 aromatic carbocycles. The fourth-order valence-electron chi connectivity index (χ4n) is 2.55. The summed E-state index contributed by atoms with van der Waals surface area (Å²) in [7, 11) is 0. The summed E-state index contributed by atoms with van der Waals surface area (Å²) in [4.78, 5) is 11.9. The van der Waals surface area contributed by atoms with Gasteiger partial charge in [-0.1, -0.05) is 42.0 Å². The molecule has 0 bridgehead atoms. The molecule has 0 spiro atoms. The van der Waals surface area contributed by atoms with Crippen LogP contribution in [-0.4, -0.2) is 5.78 Å². The minimum absolute atomic E-state index is 0.296. The van der Waals surface area contributed by atoms with E-state index in [0.29, 0.717) is 12.2 Å². The highest BCUT2D eigenvalue weighted by Crippen LogP contribution is 2.27. The molecule has 0 aromatic heterocycles. The Labute approximate surface area is 107 Å². The summed E-state index contributed by atoms with van der Waals surface area (Å²) in [6.45, 7) is 2.08. The van der Waals surface area contributed by atoms with Gasteiger partial charge in [-0.3, -0.25) is 4.79 Å². The summed E-state index contributed by atoms with van der Waals surface area (Å²) in [6.07, 6.45) is 2.73. The number of aryl methyl sites for hydroxylation is 2. The van der Waals surface area contributed by atoms with E-state index in [1.165, 1.54) is 16.7 Å². The summed E-state index contributed by atoms with van der Waals surface area (Å²) in [5.41, 5.74) is 5.72. The first-order valence-electron chi connectivity index (χ1n) is 6.47. The van der Waals surface area contributed by atoms with Crippen molar-refractivity contribution in [2.75, 3.05) is 0 Å². The monoisotopic (exact) mass is 236 g/mol. The van der Waals surface area contributed by atoms with Crippen LogP contribution in [0.1, 0.15) is 34.3 Å². The van der Waals surface area contributed by atoms with Crippen LogP contribution in [0.3, 0.4) is 0 Å². The zero-order valence-electron chi connectivity index (χ0n) is 10.6. The Morgan fingerprint density at radius 3 is 2.39 bits per heavy atom. The van der Waals surface area contributed by atoms with Crippen molar-refractivity contribution in [3.05, 3.63) is 59.2 Å². The van der Waals surface area contributed by atoms with Crippen LogP contribution in [0.4, 0.5) is 0 Å². The highest BCUT2D eigenvalue weighted by Gasteiger charge is 2.17. The van der Waals surface area contributed by atoms with E-state index in [9.17, 15) is 4.79 Å². The first-order chi connectivity index (χ1) is 8.74. The highest BCUT2D eigenvalue weighted by atomic mass is 16.1. The second-order valence-corrected chi connectivity index (χ2v) is 5.01. The number of rotatable bonds is 1. The van der Waals surface area contributed by atoms with Crippen molar-refractivity contribution in [1.82, 2.24) is 0 Å². The predicted molar refractivity (Wildman–Crippen MR) is 73.9 cm³/mol. The number of benzene rings is 2. The second kappa shape index (κ2) is 4.41. The third-order valence-electron chi connectivity index (χ3n) is 3.65. The number of Topliss-reactive ketones (excluding diaryl/α,β-unsaturated/α-hetero) is 1. The Morgan fingerprint density at radius 1 is 0.889 bits per heavy atom. The van der Waals surface area contributed by atoms with Crippen LogP contribution in [-0.2, 0) is 6.42 Å². The molecule has 18 heavy (non-hydrogen) atoms. The first kappa shape index (κ1) is 11.2. The van der Waals surface area contributed by atoms with E-state index in [0.717, 1.165) is 24.0 Å². The molecule has 0 amide bonds. The third-order valence-corrected chi connectivity index (χ3v) is 3.65. The number of fused-ring (bicyclic) bond motifs is 1. The van der Waals surface area contributed by atoms with Gasteiger partial charge in [0, 0.05) is 12.0 Å². The van der Waals surface area contributed by atoms with Gasteiger partial charge in [0.15, 0.2) is 5.78 Å². The van der Waals surface area contributed by atoms with Crippen molar-refractivity contribution in [2.24, 2.45) is 0 Å². The largest absolute Gasteiger partial charge is 0.294 e. The fourth-order valence-corrected chi connectivity index (χ4v) is 2.55. The van der Waals surface area contributed by atoms with Gasteiger partial charge in [0.2, 0.25) is 0 Å². The van der Waals surface area contributed by atoms with E-state index in [4.69, 9.17) is 0 Å². The van der Waals surface area contributed by atoms with Crippen LogP contribution in [0.2, 0.25) is 0 Å². The average molecular weight is 236 g/mol. The molecular weight excluding hydrogens is 220 g/mol. The molecule has 1 heteroatoms. The van der Waals surface area contributed by atoms with E-state index >= 15 is 0 Å². The molecule has 0 saturated heterocycles. The number of carbonyl (C=O) groups is 1. The van der Waals surface area contributed by atoms with Gasteiger partial charge in [0.05, 0.1) is 0 Å². The molecule has 3 rings (SSSR count). The molecule has 0 saturated carbocycles. The van der Waals surface area contributed by atoms with E-state index in [1.807, 2.05) is 0 Å². The number of carbonyl (C=O) groups excluding carboxylic acids is 1. The van der Waals surface area contributed by atoms with Gasteiger partial charge in [-0.25, -0.2) is 0 Å². The zero-order valence-corrected chi connectivity index (χ0v) is 10.6. The predicted octanol–water partition coefficient (Wildman–Crippen LogP) is 4.18. The quantitative estimate of drug-likeness (QED) is 0.726. The standard InChI is InChI=1S/C17H16O/c1-12-5-7-13(8-6-12)15-10-9-14-3-2-4-17(18)16(14)11-15/h5-11H,2-4H2,1H3. The molecule has 1 aliphatic carbocycles. The zero-order chi connectivity index (χ0) is 12.5. The molecule has 1 nitrogen and oxygen atoms in total. The van der Waals surface area contributed by atoms with Gasteiger partial charge in [-0.2, -0.15) is 0 Å². The molecule has 0 N–H and O–H groups in total. The summed E-state index contributed by atoms with van der Waals surface area (Å²) >= 11 is 0. The van der Waals surface area contributed by atoms with Crippen LogP contribution in [0.25, 0.3) is 11.1 Å². The third kappa shape index (κ3) is 1.97. The van der Waals surface area contributed by atoms with Crippen molar-refractivity contribution in [2.45, 2.75) is 26.2 Å². The number of hydrogen-bond acceptors (Lipinski definition) is 1. The summed E-state index contributed by atoms with van der Waals surface area (Å²) in [5.74, 6) is 0.296. The summed E-state index contributed by atoms with van der Waals surface area (Å²) in [6, 6.07) is 14.7. The molecule has 90 valence electrons. The minimum atomic E-state index is 0.296. The lowest BCUT2D eigenvalue weighted by Crippen LogP contribution is -2.10. The lowest BCUT2D eigenvalue weighted by Gasteiger charge is -2.15. The number of ketones is 1. The van der Waals surface area contributed by atoms with E-state index in [-0.39, 0.29) is 0 Å². The van der Waals surface area contributed by atoms with Gasteiger partial charge in [-0.05, 0) is 42.5 Å². The summed E-state index contributed by atoms with van der Waals surface area (Å²) in [5, 5.41) is 0. The van der Waals surface area contributed by atoms with E-state index in [1.54, 1.807) is 0 Å². The van der Waals surface area contributed by atoms with Gasteiger partial charge in [0.25, 0.3) is 0 Å². The molecule has 2 aromatic rings. The van der Waals surface area contributed by atoms with Crippen molar-refractivity contribution in [1.29, 1.82) is 0 Å². The van der Waals surface area contributed by atoms with Crippen LogP contribution in [0.15, 0.2) is 42.5 Å². The topological polar surface area (TPSA) is 17.1 Å². The minimum Gasteiger partial charge on any atom is -0.294 e. The lowest BCUT2D eigenvalue weighted by molar-refractivity contribution is 0.0972. The van der Waals surface area contributed by atoms with Crippen LogP contribution in [0, 0.1) is 6.92 Å². The molecular formula is C17H16O. The van der Waals surface area contributed by atoms with Gasteiger partial charge in [0.1, 0.15) is 0 Å². The Hall–Kier alpha value is -1.89. The van der Waals surface area contributed by atoms with Crippen LogP contribution in [0.5, 0.6) is 0 Å². The van der Waals surface area contributed by atoms with Crippen molar-refractivity contribution >= 4 is 5.78 Å². The lowest BCUT2D eigenvalue weighted by atomic mass is 9.88. The molecule has 1 aliphatic rings. The highest BCUT2D eigenvalue weighted by molar-refractivity contribution is 5.99. The van der Waals surface area contributed by atoms with Gasteiger partial charge in [-0.15, -0.1) is 0 Å². The van der Waals surface area contributed by atoms with Gasteiger partial charge < -0.3 is 0 Å². The van der Waals surface area contributed by atoms with Crippen LogP contribution < -0.4 is 0 Å². The van der Waals surface area contributed by atoms with E-state index < -0.39 is 0 Å². The van der Waals surface area contributed by atoms with Crippen molar-refractivity contribution in [3.8, 4) is 11.1 Å². The maximum Gasteiger partial charge on any atom is 0.163 e. The Balaban J connectivity index is 2.06. The average Bonchev–Trinajstić information content (AvgIpc) is 2.40. The maximum atomic E-state index is 11.9. The molecule has 0 atom stereocenters. The molecule has 0 heterocycles. The molecule has 0 unspecified atom stereocenters. The normalized spacial score (nSPS) is 14.4. The summed E-state index contributed by atoms with van der Waals surface area (Å²) < 4.78 is 0.